The summed E-state index contributed by atoms with van der Waals surface area (Å²) in [5.74, 6) is -0.837. The Morgan fingerprint density at radius 3 is 2.50 bits per heavy atom. The number of aryl methyl sites for hydroxylation is 2. The SMILES string of the molecule is CCNC1(CCN(C)C)C=C(F)C(Nc2nc(-c3cn(C)c4ccccc34)c3ccn(S(=O)(=O)c4ccc(C)cc4)c3n2)=CC1[N+](=O)[O-]. The van der Waals surface area contributed by atoms with Crippen LogP contribution in [-0.4, -0.2) is 75.5 Å². The maximum absolute atomic E-state index is 16.0. The van der Waals surface area contributed by atoms with E-state index in [0.717, 1.165) is 20.4 Å². The molecule has 0 aliphatic heterocycles. The second kappa shape index (κ2) is 12.6. The number of aromatic nitrogens is 4. The Bertz CT molecular complexity index is 2210. The minimum atomic E-state index is -4.10. The van der Waals surface area contributed by atoms with E-state index in [1.54, 1.807) is 18.2 Å². The standard InChI is InChI=1S/C34H37FN8O4S/c1-6-36-34(16-18-40(3)4)20-27(35)28(19-30(34)43(44)45)37-33-38-31(26-21-41(5)29-10-8-7-9-24(26)29)25-15-17-42(32(25)39-33)48(46,47)23-13-11-22(2)12-14-23/h7-15,17,19-21,30,36H,6,16,18H2,1-5H3,(H,37,38,39). The Balaban J connectivity index is 1.52. The van der Waals surface area contributed by atoms with Crippen molar-refractivity contribution in [2.24, 2.45) is 7.05 Å². The molecule has 250 valence electrons. The number of likely N-dealkylation sites (N-methyl/N-ethyl adjacent to an activating group) is 1. The number of nitro groups is 1. The number of benzene rings is 2. The van der Waals surface area contributed by atoms with Gasteiger partial charge in [-0.05, 0) is 70.9 Å². The van der Waals surface area contributed by atoms with Gasteiger partial charge < -0.3 is 20.1 Å². The fraction of sp³-hybridized carbons (Fsp3) is 0.294. The zero-order valence-corrected chi connectivity index (χ0v) is 28.1. The largest absolute Gasteiger partial charge is 0.350 e. The summed E-state index contributed by atoms with van der Waals surface area (Å²) >= 11 is 0. The second-order valence-electron chi connectivity index (χ2n) is 12.3. The summed E-state index contributed by atoms with van der Waals surface area (Å²) in [6, 6.07) is 14.5. The highest BCUT2D eigenvalue weighted by Gasteiger charge is 2.47. The van der Waals surface area contributed by atoms with Crippen LogP contribution in [0.15, 0.2) is 95.6 Å². The molecule has 48 heavy (non-hydrogen) atoms. The molecule has 3 heterocycles. The summed E-state index contributed by atoms with van der Waals surface area (Å²) < 4.78 is 46.9. The predicted octanol–water partition coefficient (Wildman–Crippen LogP) is 5.24. The Hall–Kier alpha value is -4.92. The van der Waals surface area contributed by atoms with Crippen molar-refractivity contribution < 1.29 is 17.7 Å². The number of hydrogen-bond acceptors (Lipinski definition) is 9. The van der Waals surface area contributed by atoms with E-state index in [9.17, 15) is 18.5 Å². The van der Waals surface area contributed by atoms with Gasteiger partial charge in [0, 0.05) is 52.3 Å². The van der Waals surface area contributed by atoms with Crippen LogP contribution >= 0.6 is 0 Å². The highest BCUT2D eigenvalue weighted by Crippen LogP contribution is 2.37. The highest BCUT2D eigenvalue weighted by molar-refractivity contribution is 7.90. The molecule has 14 heteroatoms. The number of para-hydroxylation sites is 1. The lowest BCUT2D eigenvalue weighted by molar-refractivity contribution is -0.519. The third kappa shape index (κ3) is 5.86. The van der Waals surface area contributed by atoms with Gasteiger partial charge in [-0.25, -0.2) is 21.8 Å². The van der Waals surface area contributed by atoms with Gasteiger partial charge in [0.2, 0.25) is 5.95 Å². The molecular weight excluding hydrogens is 635 g/mol. The summed E-state index contributed by atoms with van der Waals surface area (Å²) in [6.45, 7) is 4.55. The molecule has 2 aromatic carbocycles. The maximum Gasteiger partial charge on any atom is 0.269 e. The van der Waals surface area contributed by atoms with E-state index in [1.807, 2.05) is 74.9 Å². The normalized spacial score (nSPS) is 18.4. The van der Waals surface area contributed by atoms with E-state index in [1.165, 1.54) is 30.5 Å². The van der Waals surface area contributed by atoms with Crippen molar-refractivity contribution in [2.45, 2.75) is 36.7 Å². The summed E-state index contributed by atoms with van der Waals surface area (Å²) in [5, 5.41) is 19.8. The molecule has 1 aliphatic carbocycles. The molecule has 0 amide bonds. The molecule has 0 saturated heterocycles. The van der Waals surface area contributed by atoms with Crippen LogP contribution in [0.25, 0.3) is 33.2 Å². The van der Waals surface area contributed by atoms with Crippen LogP contribution in [0.5, 0.6) is 0 Å². The van der Waals surface area contributed by atoms with Gasteiger partial charge in [-0.1, -0.05) is 42.8 Å². The minimum absolute atomic E-state index is 0.0654. The van der Waals surface area contributed by atoms with Crippen LogP contribution in [0.3, 0.4) is 0 Å². The lowest BCUT2D eigenvalue weighted by atomic mass is 9.82. The quantitative estimate of drug-likeness (QED) is 0.142. The van der Waals surface area contributed by atoms with Crippen LogP contribution in [0.2, 0.25) is 0 Å². The summed E-state index contributed by atoms with van der Waals surface area (Å²) in [5.41, 5.74) is 1.57. The fourth-order valence-corrected chi connectivity index (χ4v) is 7.54. The topological polar surface area (TPSA) is 140 Å². The number of nitrogens with one attached hydrogen (secondary N) is 2. The van der Waals surface area contributed by atoms with Crippen LogP contribution in [0.1, 0.15) is 18.9 Å². The summed E-state index contributed by atoms with van der Waals surface area (Å²) in [7, 11) is 1.50. The highest BCUT2D eigenvalue weighted by atomic mass is 32.2. The Morgan fingerprint density at radius 1 is 1.08 bits per heavy atom. The molecule has 2 unspecified atom stereocenters. The van der Waals surface area contributed by atoms with Crippen LogP contribution in [-0.2, 0) is 17.1 Å². The van der Waals surface area contributed by atoms with Gasteiger partial charge in [-0.2, -0.15) is 4.98 Å². The average molecular weight is 673 g/mol. The Morgan fingerprint density at radius 2 is 1.81 bits per heavy atom. The third-order valence-corrected chi connectivity index (χ3v) is 10.4. The van der Waals surface area contributed by atoms with Crippen LogP contribution in [0.4, 0.5) is 10.3 Å². The molecular formula is C34H37FN8O4S. The first kappa shape index (κ1) is 33.0. The van der Waals surface area contributed by atoms with E-state index >= 15 is 4.39 Å². The molecule has 5 aromatic rings. The molecule has 3 aromatic heterocycles. The van der Waals surface area contributed by atoms with Gasteiger partial charge in [-0.15, -0.1) is 0 Å². The van der Waals surface area contributed by atoms with Gasteiger partial charge in [0.05, 0.1) is 16.3 Å². The van der Waals surface area contributed by atoms with E-state index in [4.69, 9.17) is 4.98 Å². The first-order valence-electron chi connectivity index (χ1n) is 15.5. The minimum Gasteiger partial charge on any atom is -0.350 e. The van der Waals surface area contributed by atoms with Gasteiger partial charge in [-0.3, -0.25) is 10.1 Å². The maximum atomic E-state index is 16.0. The molecule has 0 bridgehead atoms. The smallest absolute Gasteiger partial charge is 0.269 e. The fourth-order valence-electron chi connectivity index (χ4n) is 6.25. The number of allylic oxidation sites excluding steroid dienone is 1. The van der Waals surface area contributed by atoms with Gasteiger partial charge in [0.15, 0.2) is 5.65 Å². The van der Waals surface area contributed by atoms with Crippen molar-refractivity contribution >= 4 is 37.9 Å². The zero-order chi connectivity index (χ0) is 34.4. The van der Waals surface area contributed by atoms with Gasteiger partial charge in [0.1, 0.15) is 11.4 Å². The molecule has 0 spiro atoms. The second-order valence-corrected chi connectivity index (χ2v) is 14.1. The Kier molecular flexibility index (Phi) is 8.66. The average Bonchev–Trinajstić information content (AvgIpc) is 3.63. The summed E-state index contributed by atoms with van der Waals surface area (Å²) in [6.07, 6.45) is 6.09. The number of nitrogens with zero attached hydrogens (tertiary/aromatic N) is 6. The number of fused-ring (bicyclic) bond motifs is 2. The van der Waals surface area contributed by atoms with Crippen molar-refractivity contribution in [3.8, 4) is 11.3 Å². The van der Waals surface area contributed by atoms with E-state index in [2.05, 4.69) is 15.6 Å². The lowest BCUT2D eigenvalue weighted by Gasteiger charge is -2.36. The first-order valence-corrected chi connectivity index (χ1v) is 16.9. The van der Waals surface area contributed by atoms with E-state index < -0.39 is 32.4 Å². The van der Waals surface area contributed by atoms with Gasteiger partial charge in [0.25, 0.3) is 16.1 Å². The number of anilines is 1. The van der Waals surface area contributed by atoms with E-state index in [-0.39, 0.29) is 28.6 Å². The molecule has 0 fully saturated rings. The monoisotopic (exact) mass is 672 g/mol. The van der Waals surface area contributed by atoms with E-state index in [0.29, 0.717) is 29.7 Å². The van der Waals surface area contributed by atoms with Crippen molar-refractivity contribution in [1.29, 1.82) is 0 Å². The molecule has 2 N–H and O–H groups in total. The van der Waals surface area contributed by atoms with Crippen LogP contribution < -0.4 is 10.6 Å². The first-order chi connectivity index (χ1) is 22.8. The van der Waals surface area contributed by atoms with Crippen molar-refractivity contribution in [2.75, 3.05) is 32.5 Å². The molecule has 6 rings (SSSR count). The molecule has 2 atom stereocenters. The number of rotatable bonds is 11. The molecule has 1 aliphatic rings. The van der Waals surface area contributed by atoms with Crippen molar-refractivity contribution in [1.82, 2.24) is 28.7 Å². The summed E-state index contributed by atoms with van der Waals surface area (Å²) in [4.78, 5) is 23.3. The molecule has 0 radical (unpaired) electrons. The number of hydrogen-bond donors (Lipinski definition) is 2. The molecule has 12 nitrogen and oxygen atoms in total. The zero-order valence-electron chi connectivity index (χ0n) is 27.3. The number of halogens is 1. The molecule has 0 saturated carbocycles. The predicted molar refractivity (Wildman–Crippen MR) is 184 cm³/mol. The van der Waals surface area contributed by atoms with Crippen LogP contribution in [0, 0.1) is 17.0 Å². The lowest BCUT2D eigenvalue weighted by Crippen LogP contribution is -2.58. The third-order valence-electron chi connectivity index (χ3n) is 8.69. The Labute approximate surface area is 277 Å². The van der Waals surface area contributed by atoms with Gasteiger partial charge >= 0.3 is 0 Å². The van der Waals surface area contributed by atoms with Crippen molar-refractivity contribution in [3.05, 3.63) is 106 Å². The van der Waals surface area contributed by atoms with Crippen molar-refractivity contribution in [3.63, 3.8) is 0 Å².